The standard InChI is InChI=1S/2C11H14N2O2.2C2H6/c1-6-7-4-9(12)8(11(2,3)14)5-10(7)15-13-6;1-6-7-4-8(11(2,3)14)9(12)5-10(7)15-13-6;2*1-2/h2*4-5,14H,12H2,1-3H3;2*1-2H3. The number of nitrogens with two attached hydrogens (primary N) is 2. The van der Waals surface area contributed by atoms with Crippen molar-refractivity contribution in [3.63, 3.8) is 0 Å². The summed E-state index contributed by atoms with van der Waals surface area (Å²) in [5.74, 6) is 0. The Morgan fingerprint density at radius 3 is 1.44 bits per heavy atom. The molecule has 0 bridgehead atoms. The van der Waals surface area contributed by atoms with Gasteiger partial charge >= 0.3 is 0 Å². The van der Waals surface area contributed by atoms with Gasteiger partial charge in [0.05, 0.1) is 22.6 Å². The van der Waals surface area contributed by atoms with Gasteiger partial charge in [-0.1, -0.05) is 38.0 Å². The number of anilines is 2. The molecule has 0 amide bonds. The van der Waals surface area contributed by atoms with Crippen LogP contribution in [0.5, 0.6) is 0 Å². The fraction of sp³-hybridized carbons (Fsp3) is 0.462. The molecule has 8 nitrogen and oxygen atoms in total. The van der Waals surface area contributed by atoms with Crippen LogP contribution in [-0.4, -0.2) is 20.5 Å². The lowest BCUT2D eigenvalue weighted by Crippen LogP contribution is -2.17. The fourth-order valence-electron chi connectivity index (χ4n) is 3.30. The van der Waals surface area contributed by atoms with E-state index in [1.54, 1.807) is 45.9 Å². The van der Waals surface area contributed by atoms with Gasteiger partial charge in [0.1, 0.15) is 0 Å². The summed E-state index contributed by atoms with van der Waals surface area (Å²) >= 11 is 0. The Balaban J connectivity index is 0.000000297. The highest BCUT2D eigenvalue weighted by molar-refractivity contribution is 5.85. The van der Waals surface area contributed by atoms with Gasteiger partial charge < -0.3 is 30.7 Å². The maximum atomic E-state index is 9.93. The summed E-state index contributed by atoms with van der Waals surface area (Å²) in [6, 6.07) is 7.05. The van der Waals surface area contributed by atoms with Gasteiger partial charge in [0, 0.05) is 39.3 Å². The minimum atomic E-state index is -0.973. The van der Waals surface area contributed by atoms with Gasteiger partial charge in [0.2, 0.25) is 0 Å². The number of aromatic nitrogens is 2. The lowest BCUT2D eigenvalue weighted by atomic mass is 9.95. The summed E-state index contributed by atoms with van der Waals surface area (Å²) in [6.07, 6.45) is 0. The van der Waals surface area contributed by atoms with E-state index in [0.717, 1.165) is 22.2 Å². The normalized spacial score (nSPS) is 11.2. The van der Waals surface area contributed by atoms with E-state index in [9.17, 15) is 10.2 Å². The lowest BCUT2D eigenvalue weighted by molar-refractivity contribution is 0.0789. The summed E-state index contributed by atoms with van der Waals surface area (Å²) in [4.78, 5) is 0. The quantitative estimate of drug-likeness (QED) is 0.262. The molecular weight excluding hydrogens is 432 g/mol. The minimum absolute atomic E-state index is 0.520. The molecular formula is C26H40N4O4. The Morgan fingerprint density at radius 2 is 1.00 bits per heavy atom. The molecule has 0 aliphatic heterocycles. The van der Waals surface area contributed by atoms with Crippen LogP contribution < -0.4 is 11.5 Å². The van der Waals surface area contributed by atoms with Crippen LogP contribution in [0.3, 0.4) is 0 Å². The molecule has 0 aliphatic rings. The van der Waals surface area contributed by atoms with E-state index >= 15 is 0 Å². The summed E-state index contributed by atoms with van der Waals surface area (Å²) in [6.45, 7) is 18.5. The Hall–Kier alpha value is -3.10. The summed E-state index contributed by atoms with van der Waals surface area (Å²) < 4.78 is 10.2. The molecule has 0 aliphatic carbocycles. The van der Waals surface area contributed by atoms with Crippen LogP contribution in [0.25, 0.3) is 21.9 Å². The topological polar surface area (TPSA) is 145 Å². The molecule has 2 aromatic heterocycles. The lowest BCUT2D eigenvalue weighted by Gasteiger charge is -2.19. The smallest absolute Gasteiger partial charge is 0.169 e. The third kappa shape index (κ3) is 6.48. The van der Waals surface area contributed by atoms with Crippen molar-refractivity contribution in [1.82, 2.24) is 10.3 Å². The number of hydrogen-bond donors (Lipinski definition) is 4. The Labute approximate surface area is 201 Å². The van der Waals surface area contributed by atoms with E-state index in [1.165, 1.54) is 0 Å². The molecule has 4 aromatic rings. The third-order valence-corrected chi connectivity index (χ3v) is 4.96. The predicted octanol–water partition coefficient (Wildman–Crippen LogP) is 5.94. The van der Waals surface area contributed by atoms with Crippen LogP contribution in [0, 0.1) is 13.8 Å². The number of nitrogen functional groups attached to an aromatic ring is 2. The van der Waals surface area contributed by atoms with Crippen molar-refractivity contribution in [1.29, 1.82) is 0 Å². The van der Waals surface area contributed by atoms with E-state index in [-0.39, 0.29) is 0 Å². The molecule has 0 atom stereocenters. The second-order valence-electron chi connectivity index (χ2n) is 8.53. The molecule has 0 unspecified atom stereocenters. The minimum Gasteiger partial charge on any atom is -0.398 e. The molecule has 188 valence electrons. The molecule has 2 aromatic carbocycles. The SMILES string of the molecule is CC.CC.Cc1noc2cc(C(C)(C)O)c(N)cc12.Cc1noc2cc(N)c(C(C)(C)O)cc12. The highest BCUT2D eigenvalue weighted by Crippen LogP contribution is 2.32. The molecule has 34 heavy (non-hydrogen) atoms. The average Bonchev–Trinajstić information content (AvgIpc) is 3.31. The molecule has 6 N–H and O–H groups in total. The van der Waals surface area contributed by atoms with Crippen molar-refractivity contribution < 1.29 is 19.3 Å². The van der Waals surface area contributed by atoms with E-state index in [2.05, 4.69) is 10.3 Å². The Bertz CT molecular complexity index is 1210. The van der Waals surface area contributed by atoms with Gasteiger partial charge in [-0.05, 0) is 59.7 Å². The molecule has 0 saturated heterocycles. The van der Waals surface area contributed by atoms with Gasteiger partial charge in [-0.25, -0.2) is 0 Å². The fourth-order valence-corrected chi connectivity index (χ4v) is 3.30. The van der Waals surface area contributed by atoms with E-state index in [0.29, 0.717) is 33.7 Å². The molecule has 8 heteroatoms. The monoisotopic (exact) mass is 472 g/mol. The number of rotatable bonds is 2. The molecule has 2 heterocycles. The van der Waals surface area contributed by atoms with Crippen LogP contribution in [0.1, 0.15) is 77.9 Å². The first kappa shape index (κ1) is 28.9. The van der Waals surface area contributed by atoms with Gasteiger partial charge in [0.15, 0.2) is 11.2 Å². The van der Waals surface area contributed by atoms with Crippen LogP contribution in [0.15, 0.2) is 33.3 Å². The van der Waals surface area contributed by atoms with E-state index in [1.807, 2.05) is 47.6 Å². The number of fused-ring (bicyclic) bond motifs is 2. The molecule has 0 fully saturated rings. The number of hydrogen-bond acceptors (Lipinski definition) is 8. The maximum Gasteiger partial charge on any atom is 0.169 e. The number of aryl methyl sites for hydroxylation is 2. The van der Waals surface area contributed by atoms with Crippen molar-refractivity contribution in [3.8, 4) is 0 Å². The zero-order chi connectivity index (χ0) is 26.4. The van der Waals surface area contributed by atoms with Gasteiger partial charge in [-0.2, -0.15) is 0 Å². The number of nitrogens with zero attached hydrogens (tertiary/aromatic N) is 2. The molecule has 0 saturated carbocycles. The van der Waals surface area contributed by atoms with Gasteiger partial charge in [0.25, 0.3) is 0 Å². The summed E-state index contributed by atoms with van der Waals surface area (Å²) in [7, 11) is 0. The summed E-state index contributed by atoms with van der Waals surface area (Å²) in [5, 5.41) is 29.3. The van der Waals surface area contributed by atoms with E-state index < -0.39 is 11.2 Å². The van der Waals surface area contributed by atoms with Crippen molar-refractivity contribution in [2.75, 3.05) is 11.5 Å². The zero-order valence-corrected chi connectivity index (χ0v) is 22.1. The Kier molecular flexibility index (Phi) is 9.66. The molecule has 4 rings (SSSR count). The van der Waals surface area contributed by atoms with Crippen LogP contribution >= 0.6 is 0 Å². The van der Waals surface area contributed by atoms with Gasteiger partial charge in [-0.15, -0.1) is 0 Å². The Morgan fingerprint density at radius 1 is 0.647 bits per heavy atom. The zero-order valence-electron chi connectivity index (χ0n) is 22.1. The van der Waals surface area contributed by atoms with Crippen LogP contribution in [-0.2, 0) is 11.2 Å². The van der Waals surface area contributed by atoms with Crippen molar-refractivity contribution >= 4 is 33.3 Å². The van der Waals surface area contributed by atoms with Gasteiger partial charge in [-0.3, -0.25) is 0 Å². The second-order valence-corrected chi connectivity index (χ2v) is 8.53. The van der Waals surface area contributed by atoms with Crippen molar-refractivity contribution in [2.24, 2.45) is 0 Å². The molecule has 0 spiro atoms. The van der Waals surface area contributed by atoms with Crippen LogP contribution in [0.4, 0.5) is 11.4 Å². The van der Waals surface area contributed by atoms with Crippen LogP contribution in [0.2, 0.25) is 0 Å². The maximum absolute atomic E-state index is 9.93. The van der Waals surface area contributed by atoms with E-state index in [4.69, 9.17) is 20.5 Å². The number of aliphatic hydroxyl groups is 2. The first-order valence-corrected chi connectivity index (χ1v) is 11.6. The number of benzene rings is 2. The predicted molar refractivity (Wildman–Crippen MR) is 140 cm³/mol. The largest absolute Gasteiger partial charge is 0.398 e. The molecule has 0 radical (unpaired) electrons. The van der Waals surface area contributed by atoms with Crippen molar-refractivity contribution in [2.45, 2.75) is 80.4 Å². The average molecular weight is 473 g/mol. The highest BCUT2D eigenvalue weighted by Gasteiger charge is 2.22. The summed E-state index contributed by atoms with van der Waals surface area (Å²) in [5.41, 5.74) is 15.1. The first-order valence-electron chi connectivity index (χ1n) is 11.6. The second kappa shape index (κ2) is 11.4. The highest BCUT2D eigenvalue weighted by atomic mass is 16.5. The third-order valence-electron chi connectivity index (χ3n) is 4.96. The van der Waals surface area contributed by atoms with Crippen molar-refractivity contribution in [3.05, 3.63) is 46.8 Å². The first-order chi connectivity index (χ1) is 15.8.